The number of nitrogens with zero attached hydrogens (tertiary/aromatic N) is 1. The average molecular weight is 228 g/mol. The van der Waals surface area contributed by atoms with Crippen molar-refractivity contribution in [1.29, 1.82) is 0 Å². The Balaban J connectivity index is 2.46. The van der Waals surface area contributed by atoms with Crippen molar-refractivity contribution >= 4 is 0 Å². The highest BCUT2D eigenvalue weighted by Gasteiger charge is 2.29. The van der Waals surface area contributed by atoms with Gasteiger partial charge in [0.15, 0.2) is 0 Å². The van der Waals surface area contributed by atoms with Gasteiger partial charge < -0.3 is 10.8 Å². The van der Waals surface area contributed by atoms with Gasteiger partial charge in [-0.25, -0.2) is 0 Å². The van der Waals surface area contributed by atoms with Gasteiger partial charge in [0.25, 0.3) is 0 Å². The van der Waals surface area contributed by atoms with E-state index in [0.29, 0.717) is 5.92 Å². The number of likely N-dealkylation sites (N-methyl/N-ethyl adjacent to an activating group) is 1. The van der Waals surface area contributed by atoms with Gasteiger partial charge in [0.05, 0.1) is 6.61 Å². The summed E-state index contributed by atoms with van der Waals surface area (Å²) in [7, 11) is 0. The molecule has 3 nitrogen and oxygen atoms in total. The Morgan fingerprint density at radius 2 is 2.00 bits per heavy atom. The number of hydrogen-bond donors (Lipinski definition) is 2. The summed E-state index contributed by atoms with van der Waals surface area (Å²) >= 11 is 0. The van der Waals surface area contributed by atoms with Gasteiger partial charge in [-0.1, -0.05) is 20.8 Å². The van der Waals surface area contributed by atoms with Crippen LogP contribution in [-0.2, 0) is 0 Å². The van der Waals surface area contributed by atoms with Gasteiger partial charge in [-0.05, 0) is 37.6 Å². The lowest BCUT2D eigenvalue weighted by atomic mass is 9.97. The Labute approximate surface area is 100 Å². The zero-order chi connectivity index (χ0) is 12.1. The third kappa shape index (κ3) is 4.40. The van der Waals surface area contributed by atoms with Crippen molar-refractivity contribution in [1.82, 2.24) is 4.90 Å². The molecule has 0 heterocycles. The summed E-state index contributed by atoms with van der Waals surface area (Å²) in [5.74, 6) is 1.46. The molecular formula is C13H28N2O. The van der Waals surface area contributed by atoms with Crippen molar-refractivity contribution in [3.05, 3.63) is 0 Å². The van der Waals surface area contributed by atoms with E-state index in [1.54, 1.807) is 0 Å². The SMILES string of the molecule is CCN(CC1CC1)C(CO)C(N)CC(C)C. The summed E-state index contributed by atoms with van der Waals surface area (Å²) in [6.45, 7) is 8.83. The van der Waals surface area contributed by atoms with Crippen LogP contribution in [0.1, 0.15) is 40.0 Å². The Morgan fingerprint density at radius 1 is 1.38 bits per heavy atom. The Bertz CT molecular complexity index is 192. The molecule has 0 bridgehead atoms. The largest absolute Gasteiger partial charge is 0.395 e. The van der Waals surface area contributed by atoms with Crippen molar-refractivity contribution in [2.24, 2.45) is 17.6 Å². The quantitative estimate of drug-likeness (QED) is 0.661. The molecule has 2 atom stereocenters. The molecule has 1 rings (SSSR count). The summed E-state index contributed by atoms with van der Waals surface area (Å²) in [6.07, 6.45) is 3.70. The second-order valence-corrected chi connectivity index (χ2v) is 5.57. The smallest absolute Gasteiger partial charge is 0.0601 e. The first-order chi connectivity index (χ1) is 7.58. The van der Waals surface area contributed by atoms with E-state index in [0.717, 1.165) is 25.4 Å². The van der Waals surface area contributed by atoms with E-state index in [9.17, 15) is 5.11 Å². The van der Waals surface area contributed by atoms with E-state index >= 15 is 0 Å². The number of nitrogens with two attached hydrogens (primary N) is 1. The van der Waals surface area contributed by atoms with Crippen LogP contribution >= 0.6 is 0 Å². The maximum absolute atomic E-state index is 9.52. The van der Waals surface area contributed by atoms with Gasteiger partial charge in [-0.3, -0.25) is 4.90 Å². The minimum absolute atomic E-state index is 0.101. The zero-order valence-corrected chi connectivity index (χ0v) is 11.0. The second-order valence-electron chi connectivity index (χ2n) is 5.57. The van der Waals surface area contributed by atoms with E-state index in [-0.39, 0.29) is 18.7 Å². The van der Waals surface area contributed by atoms with Crippen LogP contribution in [-0.4, -0.2) is 41.8 Å². The first kappa shape index (κ1) is 13.9. The van der Waals surface area contributed by atoms with Crippen LogP contribution in [0.2, 0.25) is 0 Å². The molecule has 1 fully saturated rings. The van der Waals surface area contributed by atoms with E-state index in [4.69, 9.17) is 5.73 Å². The van der Waals surface area contributed by atoms with Gasteiger partial charge in [0.1, 0.15) is 0 Å². The molecule has 0 radical (unpaired) electrons. The van der Waals surface area contributed by atoms with E-state index in [1.807, 2.05) is 0 Å². The van der Waals surface area contributed by atoms with E-state index < -0.39 is 0 Å². The van der Waals surface area contributed by atoms with Crippen molar-refractivity contribution in [2.45, 2.75) is 52.1 Å². The lowest BCUT2D eigenvalue weighted by Crippen LogP contribution is -2.51. The summed E-state index contributed by atoms with van der Waals surface area (Å²) in [5.41, 5.74) is 6.20. The van der Waals surface area contributed by atoms with E-state index in [2.05, 4.69) is 25.7 Å². The molecule has 1 aliphatic rings. The second kappa shape index (κ2) is 6.58. The van der Waals surface area contributed by atoms with Crippen LogP contribution in [0.3, 0.4) is 0 Å². The summed E-state index contributed by atoms with van der Waals surface area (Å²) < 4.78 is 0. The maximum atomic E-state index is 9.52. The molecule has 0 saturated heterocycles. The molecule has 0 amide bonds. The summed E-state index contributed by atoms with van der Waals surface area (Å²) in [4.78, 5) is 2.37. The van der Waals surface area contributed by atoms with Gasteiger partial charge in [-0.15, -0.1) is 0 Å². The molecule has 0 aromatic heterocycles. The standard InChI is InChI=1S/C13H28N2O/c1-4-15(8-11-5-6-11)13(9-16)12(14)7-10(2)3/h10-13,16H,4-9,14H2,1-3H3. The van der Waals surface area contributed by atoms with Gasteiger partial charge in [-0.2, -0.15) is 0 Å². The van der Waals surface area contributed by atoms with Gasteiger partial charge in [0, 0.05) is 18.6 Å². The minimum Gasteiger partial charge on any atom is -0.395 e. The molecule has 16 heavy (non-hydrogen) atoms. The summed E-state index contributed by atoms with van der Waals surface area (Å²) in [5, 5.41) is 9.52. The van der Waals surface area contributed by atoms with Crippen molar-refractivity contribution in [3.8, 4) is 0 Å². The topological polar surface area (TPSA) is 49.5 Å². The first-order valence-electron chi connectivity index (χ1n) is 6.68. The van der Waals surface area contributed by atoms with Crippen LogP contribution in [0, 0.1) is 11.8 Å². The molecule has 0 aromatic carbocycles. The minimum atomic E-state index is 0.101. The van der Waals surface area contributed by atoms with Crippen LogP contribution < -0.4 is 5.73 Å². The molecule has 0 aliphatic heterocycles. The number of aliphatic hydroxyl groups excluding tert-OH is 1. The third-order valence-corrected chi connectivity index (χ3v) is 3.49. The first-order valence-corrected chi connectivity index (χ1v) is 6.68. The highest BCUT2D eigenvalue weighted by Crippen LogP contribution is 2.30. The monoisotopic (exact) mass is 228 g/mol. The van der Waals surface area contributed by atoms with Crippen molar-refractivity contribution < 1.29 is 5.11 Å². The molecule has 0 spiro atoms. The van der Waals surface area contributed by atoms with E-state index in [1.165, 1.54) is 12.8 Å². The lowest BCUT2D eigenvalue weighted by Gasteiger charge is -2.34. The molecule has 2 unspecified atom stereocenters. The molecule has 96 valence electrons. The molecule has 1 aliphatic carbocycles. The third-order valence-electron chi connectivity index (χ3n) is 3.49. The van der Waals surface area contributed by atoms with Crippen LogP contribution in [0.15, 0.2) is 0 Å². The molecule has 1 saturated carbocycles. The fraction of sp³-hybridized carbons (Fsp3) is 1.00. The fourth-order valence-corrected chi connectivity index (χ4v) is 2.35. The average Bonchev–Trinajstić information content (AvgIpc) is 3.00. The highest BCUT2D eigenvalue weighted by atomic mass is 16.3. The molecule has 0 aromatic rings. The Kier molecular flexibility index (Phi) is 5.73. The predicted octanol–water partition coefficient (Wildman–Crippen LogP) is 1.45. The van der Waals surface area contributed by atoms with Crippen molar-refractivity contribution in [2.75, 3.05) is 19.7 Å². The number of aliphatic hydroxyl groups is 1. The van der Waals surface area contributed by atoms with Gasteiger partial charge in [0.2, 0.25) is 0 Å². The maximum Gasteiger partial charge on any atom is 0.0601 e. The predicted molar refractivity (Wildman–Crippen MR) is 68.3 cm³/mol. The van der Waals surface area contributed by atoms with Crippen LogP contribution in [0.25, 0.3) is 0 Å². The Hall–Kier alpha value is -0.120. The normalized spacial score (nSPS) is 20.4. The molecular weight excluding hydrogens is 200 g/mol. The molecule has 3 N–H and O–H groups in total. The fourth-order valence-electron chi connectivity index (χ4n) is 2.35. The zero-order valence-electron chi connectivity index (χ0n) is 11.0. The van der Waals surface area contributed by atoms with Crippen molar-refractivity contribution in [3.63, 3.8) is 0 Å². The van der Waals surface area contributed by atoms with Crippen LogP contribution in [0.5, 0.6) is 0 Å². The van der Waals surface area contributed by atoms with Crippen LogP contribution in [0.4, 0.5) is 0 Å². The molecule has 3 heteroatoms. The number of rotatable bonds is 8. The van der Waals surface area contributed by atoms with Gasteiger partial charge >= 0.3 is 0 Å². The lowest BCUT2D eigenvalue weighted by molar-refractivity contribution is 0.0983. The number of hydrogen-bond acceptors (Lipinski definition) is 3. The Morgan fingerprint density at radius 3 is 2.38 bits per heavy atom. The highest BCUT2D eigenvalue weighted by molar-refractivity contribution is 4.86. The summed E-state index contributed by atoms with van der Waals surface area (Å²) in [6, 6.07) is 0.247.